The maximum absolute atomic E-state index is 9.72. The van der Waals surface area contributed by atoms with Gasteiger partial charge in [0.2, 0.25) is 0 Å². The largest absolute Gasteiger partial charge is 2.00 e. The summed E-state index contributed by atoms with van der Waals surface area (Å²) in [6, 6.07) is 31.7. The molecule has 0 saturated heterocycles. The molecule has 65 heavy (non-hydrogen) atoms. The van der Waals surface area contributed by atoms with Crippen LogP contribution in [0, 0.1) is 33.9 Å². The molecule has 0 aliphatic carbocycles. The average molecular weight is 1050 g/mol. The van der Waals surface area contributed by atoms with E-state index in [0.717, 1.165) is 22.3 Å². The molecule has 9 rings (SSSR count). The van der Waals surface area contributed by atoms with E-state index in [1.54, 1.807) is 24.3 Å². The normalized spacial score (nSPS) is 16.7. The Kier molecular flexibility index (Phi) is 7.49. The number of para-hydroxylation sites is 1. The molecule has 326 valence electrons. The van der Waals surface area contributed by atoms with Crippen LogP contribution in [0.3, 0.4) is 0 Å². The van der Waals surface area contributed by atoms with Crippen LogP contribution in [0.25, 0.3) is 83.9 Å². The third-order valence-electron chi connectivity index (χ3n) is 11.2. The maximum Gasteiger partial charge on any atom is 2.00 e. The first-order valence-corrected chi connectivity index (χ1v) is 20.6. The quantitative estimate of drug-likeness (QED) is 0.142. The van der Waals surface area contributed by atoms with Crippen molar-refractivity contribution in [3.8, 4) is 78.6 Å². The number of aromatic nitrogens is 3. The number of imidazole rings is 1. The van der Waals surface area contributed by atoms with E-state index in [1.165, 1.54) is 0 Å². The van der Waals surface area contributed by atoms with Crippen LogP contribution in [0.5, 0.6) is 5.75 Å². The summed E-state index contributed by atoms with van der Waals surface area (Å²) in [5.74, 6) is 0.830. The number of hydrogen-bond donors (Lipinski definition) is 0. The van der Waals surface area contributed by atoms with Gasteiger partial charge in [-0.05, 0) is 106 Å². The SMILES string of the molecule is [2H]c1nc(-c2[c-]c(-c3cccc4c3nc(-c3cc(C)cc(C)c3O[CH2-])n4-c3ccc(C([2H])([2H])[2H])cc3-c3ccc(C(C)(C)C)cc3)cc(-c3ccccc3)c2)c([2H])c(-c2c([2H])c([2H])c(C(C([2H])([2H])[2H])(C([2H])([2H])[2H])C([2H])([2H])[2H])c([2H])c2[2H])c1[2H].[Pt+2]. The van der Waals surface area contributed by atoms with E-state index in [4.69, 9.17) is 31.7 Å². The number of fused-ring (bicyclic) bond motifs is 1. The van der Waals surface area contributed by atoms with E-state index >= 15 is 0 Å². The van der Waals surface area contributed by atoms with Gasteiger partial charge in [0.1, 0.15) is 5.82 Å². The second kappa shape index (κ2) is 17.9. The van der Waals surface area contributed by atoms with Gasteiger partial charge in [0, 0.05) is 33.9 Å². The first kappa shape index (κ1) is 27.2. The van der Waals surface area contributed by atoms with Gasteiger partial charge in [0.25, 0.3) is 0 Å². The van der Waals surface area contributed by atoms with E-state index in [0.29, 0.717) is 61.7 Å². The molecule has 2 aromatic heterocycles. The van der Waals surface area contributed by atoms with Crippen molar-refractivity contribution in [1.82, 2.24) is 14.5 Å². The van der Waals surface area contributed by atoms with Gasteiger partial charge < -0.3 is 4.74 Å². The van der Waals surface area contributed by atoms with Crippen molar-refractivity contribution in [2.24, 2.45) is 0 Å². The average Bonchev–Trinajstić information content (AvgIpc) is 2.95. The number of nitrogens with zero attached hydrogens (tertiary/aromatic N) is 3. The molecular weight excluding hydrogens is 974 g/mol. The summed E-state index contributed by atoms with van der Waals surface area (Å²) in [6.45, 7) is -4.18. The van der Waals surface area contributed by atoms with E-state index in [-0.39, 0.29) is 43.3 Å². The van der Waals surface area contributed by atoms with Gasteiger partial charge in [0.05, 0.1) is 37.6 Å². The Morgan fingerprint density at radius 1 is 0.646 bits per heavy atom. The third-order valence-corrected chi connectivity index (χ3v) is 11.2. The van der Waals surface area contributed by atoms with Crippen LogP contribution in [0.15, 0.2) is 158 Å². The molecule has 7 aromatic carbocycles. The van der Waals surface area contributed by atoms with Crippen LogP contribution in [0.4, 0.5) is 0 Å². The first-order chi connectivity index (χ1) is 38.5. The molecule has 0 radical (unpaired) electrons. The predicted molar refractivity (Wildman–Crippen MR) is 268 cm³/mol. The van der Waals surface area contributed by atoms with Crippen LogP contribution in [0.2, 0.25) is 0 Å². The van der Waals surface area contributed by atoms with Gasteiger partial charge in [-0.1, -0.05) is 173 Å². The molecule has 0 aliphatic rings. The molecule has 0 aliphatic heterocycles. The summed E-state index contributed by atoms with van der Waals surface area (Å²) in [4.78, 5) is 9.79. The molecule has 9 aromatic rings. The van der Waals surface area contributed by atoms with Gasteiger partial charge in [0.15, 0.2) is 0 Å². The number of pyridine rings is 1. The number of rotatable bonds is 8. The van der Waals surface area contributed by atoms with Crippen LogP contribution in [-0.2, 0) is 31.9 Å². The van der Waals surface area contributed by atoms with Crippen LogP contribution < -0.4 is 4.74 Å². The zero-order valence-electron chi connectivity index (χ0n) is 55.2. The summed E-state index contributed by atoms with van der Waals surface area (Å²) < 4.78 is 172. The van der Waals surface area contributed by atoms with Crippen molar-refractivity contribution in [1.29, 1.82) is 0 Å². The van der Waals surface area contributed by atoms with Crippen molar-refractivity contribution >= 4 is 11.0 Å². The van der Waals surface area contributed by atoms with E-state index < -0.39 is 91.9 Å². The molecule has 0 unspecified atom stereocenters. The van der Waals surface area contributed by atoms with Gasteiger partial charge in [-0.15, -0.1) is 23.8 Å². The second-order valence-corrected chi connectivity index (χ2v) is 16.9. The van der Waals surface area contributed by atoms with Crippen LogP contribution >= 0.6 is 0 Å². The van der Waals surface area contributed by atoms with Crippen molar-refractivity contribution < 1.29 is 51.8 Å². The zero-order chi connectivity index (χ0) is 61.0. The van der Waals surface area contributed by atoms with E-state index in [9.17, 15) is 4.11 Å². The maximum atomic E-state index is 9.72. The summed E-state index contributed by atoms with van der Waals surface area (Å²) in [6.07, 6.45) is -0.787. The van der Waals surface area contributed by atoms with Crippen molar-refractivity contribution in [2.75, 3.05) is 0 Å². The van der Waals surface area contributed by atoms with Crippen LogP contribution in [-0.4, -0.2) is 14.5 Å². The summed E-state index contributed by atoms with van der Waals surface area (Å²) in [5.41, 5.74) is 1.09. The Balaban J connectivity index is 0.00000920. The van der Waals surface area contributed by atoms with Crippen molar-refractivity contribution in [3.63, 3.8) is 0 Å². The zero-order valence-corrected chi connectivity index (χ0v) is 38.5. The van der Waals surface area contributed by atoms with Crippen molar-refractivity contribution in [3.05, 3.63) is 199 Å². The Morgan fingerprint density at radius 2 is 1.38 bits per heavy atom. The summed E-state index contributed by atoms with van der Waals surface area (Å²) >= 11 is 0. The van der Waals surface area contributed by atoms with E-state index in [1.807, 2.05) is 109 Å². The Bertz CT molecular complexity index is 3980. The monoisotopic (exact) mass is 1050 g/mol. The number of ether oxygens (including phenoxy) is 1. The van der Waals surface area contributed by atoms with Gasteiger partial charge in [-0.3, -0.25) is 9.55 Å². The second-order valence-electron chi connectivity index (χ2n) is 16.9. The minimum Gasteiger partial charge on any atom is -0.665 e. The molecule has 2 heterocycles. The minimum absolute atomic E-state index is 0. The molecule has 0 N–H and O–H groups in total. The number of benzene rings is 7. The standard InChI is InChI=1S/C60H55N3O.Pt/c1-38-19-28-54(51(32-38)43-22-26-49(27-23-43)60(7,8)9)63-55-18-14-17-50(56(55)62-58(63)52-33-39(2)31-40(3)57(52)64-10)46-34-45(41-15-12-11-13-16-41)35-47(36-46)53-37-44(29-30-61-53)42-20-24-48(25-21-42)59(4,5)6;/h11-35,37H,10H2,1-9H3;/q-2;+2/i1D3,4D3,5D3,6D3,20D,21D,24D,25D,29D,30D,37D;. The molecule has 0 saturated carbocycles. The molecule has 0 amide bonds. The Hall–Kier alpha value is -6.35. The molecule has 0 bridgehead atoms. The van der Waals surface area contributed by atoms with Crippen molar-refractivity contribution in [2.45, 2.75) is 72.9 Å². The van der Waals surface area contributed by atoms with Gasteiger partial charge >= 0.3 is 21.1 Å². The topological polar surface area (TPSA) is 39.9 Å². The summed E-state index contributed by atoms with van der Waals surface area (Å²) in [5, 5.41) is 0. The number of aryl methyl sites for hydroxylation is 3. The van der Waals surface area contributed by atoms with Gasteiger partial charge in [-0.2, -0.15) is 7.11 Å². The molecule has 0 fully saturated rings. The molecular formula is C60H55N3OPt. The molecule has 0 atom stereocenters. The molecule has 4 nitrogen and oxygen atoms in total. The molecule has 5 heteroatoms. The fourth-order valence-corrected chi connectivity index (χ4v) is 8.00. The smallest absolute Gasteiger partial charge is 0.665 e. The summed E-state index contributed by atoms with van der Waals surface area (Å²) in [7, 11) is 3.81. The third kappa shape index (κ3) is 9.02. The van der Waals surface area contributed by atoms with Gasteiger partial charge in [-0.25, -0.2) is 4.98 Å². The Morgan fingerprint density at radius 3 is 2.09 bits per heavy atom. The van der Waals surface area contributed by atoms with Crippen LogP contribution in [0.1, 0.15) is 95.2 Å². The minimum atomic E-state index is -3.95. The predicted octanol–water partition coefficient (Wildman–Crippen LogP) is 15.9. The Labute approximate surface area is 426 Å². The fourth-order valence-electron chi connectivity index (χ4n) is 8.00. The molecule has 0 spiro atoms. The van der Waals surface area contributed by atoms with E-state index in [2.05, 4.69) is 38.9 Å². The first-order valence-electron chi connectivity index (χ1n) is 30.1. The fraction of sp³-hybridized carbons (Fsp3) is 0.183. The number of hydrogen-bond acceptors (Lipinski definition) is 3.